The third kappa shape index (κ3) is 5.47. The molecule has 2 fully saturated rings. The summed E-state index contributed by atoms with van der Waals surface area (Å²) < 4.78 is 66.2. The first-order chi connectivity index (χ1) is 31.2. The van der Waals surface area contributed by atoms with E-state index >= 15 is 17.6 Å². The maximum Gasteiger partial charge on any atom is 0.252 e. The highest BCUT2D eigenvalue weighted by Crippen LogP contribution is 2.74. The van der Waals surface area contributed by atoms with Crippen molar-refractivity contribution in [2.45, 2.75) is 75.5 Å². The lowest BCUT2D eigenvalue weighted by Gasteiger charge is -2.38. The monoisotopic (exact) mass is 879 g/mol. The number of fused-ring (bicyclic) bond motifs is 10. The zero-order valence-corrected chi connectivity index (χ0v) is 35.7. The van der Waals surface area contributed by atoms with Gasteiger partial charge in [-0.3, -0.25) is 14.8 Å². The normalized spacial score (nSPS) is 24.0. The van der Waals surface area contributed by atoms with E-state index in [9.17, 15) is 9.90 Å². The van der Waals surface area contributed by atoms with Crippen LogP contribution in [0.3, 0.4) is 0 Å². The number of hydrogen-bond donors (Lipinski definition) is 2. The highest BCUT2D eigenvalue weighted by Gasteiger charge is 2.69. The lowest BCUT2D eigenvalue weighted by molar-refractivity contribution is 0.0944. The van der Waals surface area contributed by atoms with Crippen LogP contribution in [0.25, 0.3) is 28.3 Å². The van der Waals surface area contributed by atoms with Crippen molar-refractivity contribution in [1.82, 2.24) is 55.4 Å². The molecule has 0 aliphatic heterocycles. The van der Waals surface area contributed by atoms with Crippen LogP contribution in [-0.2, 0) is 10.8 Å². The minimum absolute atomic E-state index is 0.0183. The van der Waals surface area contributed by atoms with Crippen LogP contribution < -0.4 is 5.32 Å². The molecule has 5 atom stereocenters. The van der Waals surface area contributed by atoms with Gasteiger partial charge in [0.25, 0.3) is 5.91 Å². The zero-order chi connectivity index (χ0) is 45.2. The zero-order valence-electron chi connectivity index (χ0n) is 35.7. The molecule has 1 amide bonds. The number of halogens is 4. The standard InChI is InChI=1S/C48H41F4N11O2/c1-45(2)30-10-11-47(45,25-14-24(18-53-19-25)44(65)56-12-13-64)42-27(30)15-35(60-61-42)39-33(51)9-8-26(41(39)52)29-17-48(36-20-54-21-37(58-36)63-23-55-22-57-63)43-28(40(29)46(48,3)4)16-34(59-62-43)38-31(49)6-5-7-32(38)50/h5-9,14-16,18-23,29-30,40,64H,10-13,17H2,1-4H3,(H,56,65)/t29?,30-,40+,47-,48-/m0/s1. The summed E-state index contributed by atoms with van der Waals surface area (Å²) in [6, 6.07) is 11.5. The van der Waals surface area contributed by atoms with E-state index < -0.39 is 56.8 Å². The third-order valence-electron chi connectivity index (χ3n) is 15.3. The van der Waals surface area contributed by atoms with Crippen molar-refractivity contribution in [3.8, 4) is 28.3 Å². The van der Waals surface area contributed by atoms with Gasteiger partial charge in [0.15, 0.2) is 5.82 Å². The minimum Gasteiger partial charge on any atom is -0.395 e. The molecule has 0 saturated heterocycles. The Labute approximate surface area is 369 Å². The number of nitrogens with zero attached hydrogens (tertiary/aromatic N) is 10. The molecular formula is C48H41F4N11O2. The number of hydrogen-bond acceptors (Lipinski definition) is 11. The topological polar surface area (TPSA) is 170 Å². The van der Waals surface area contributed by atoms with Gasteiger partial charge in [0, 0.05) is 30.6 Å². The smallest absolute Gasteiger partial charge is 0.252 e. The van der Waals surface area contributed by atoms with Crippen LogP contribution in [0.1, 0.15) is 114 Å². The first-order valence-corrected chi connectivity index (χ1v) is 21.5. The number of aromatic nitrogens is 10. The van der Waals surface area contributed by atoms with Gasteiger partial charge < -0.3 is 10.4 Å². The highest BCUT2D eigenvalue weighted by atomic mass is 19.1. The van der Waals surface area contributed by atoms with E-state index in [0.717, 1.165) is 29.7 Å². The number of aliphatic hydroxyl groups excluding tert-OH is 1. The van der Waals surface area contributed by atoms with Gasteiger partial charge in [-0.05, 0) is 106 Å². The van der Waals surface area contributed by atoms with Gasteiger partial charge in [0.2, 0.25) is 0 Å². The minimum atomic E-state index is -1.06. The molecule has 4 aliphatic rings. The van der Waals surface area contributed by atoms with E-state index in [1.807, 2.05) is 13.8 Å². The van der Waals surface area contributed by atoms with Crippen molar-refractivity contribution >= 4 is 5.91 Å². The molecule has 1 unspecified atom stereocenters. The van der Waals surface area contributed by atoms with Gasteiger partial charge in [-0.2, -0.15) is 15.3 Å². The van der Waals surface area contributed by atoms with Crippen LogP contribution in [0.2, 0.25) is 0 Å². The molecule has 2 N–H and O–H groups in total. The Bertz CT molecular complexity index is 3090. The lowest BCUT2D eigenvalue weighted by Crippen LogP contribution is -2.38. The summed E-state index contributed by atoms with van der Waals surface area (Å²) in [5.41, 5.74) is 0.936. The number of pyridine rings is 1. The maximum absolute atomic E-state index is 17.7. The van der Waals surface area contributed by atoms with E-state index in [2.05, 4.69) is 49.4 Å². The lowest BCUT2D eigenvalue weighted by atomic mass is 9.64. The first kappa shape index (κ1) is 40.9. The average Bonchev–Trinajstić information content (AvgIpc) is 4.07. The fourth-order valence-electron chi connectivity index (χ4n) is 12.4. The van der Waals surface area contributed by atoms with Crippen molar-refractivity contribution in [2.75, 3.05) is 13.2 Å². The van der Waals surface area contributed by atoms with Crippen LogP contribution in [0.4, 0.5) is 17.6 Å². The second-order valence-electron chi connectivity index (χ2n) is 18.7. The van der Waals surface area contributed by atoms with Crippen molar-refractivity contribution in [1.29, 1.82) is 0 Å². The van der Waals surface area contributed by atoms with Gasteiger partial charge in [-0.25, -0.2) is 32.2 Å². The van der Waals surface area contributed by atoms with E-state index in [4.69, 9.17) is 15.2 Å². The number of amides is 1. The molecule has 5 aromatic heterocycles. The predicted molar refractivity (Wildman–Crippen MR) is 227 cm³/mol. The number of rotatable bonds is 9. The van der Waals surface area contributed by atoms with E-state index in [1.165, 1.54) is 41.7 Å². The molecule has 13 nitrogen and oxygen atoms in total. The average molecular weight is 880 g/mol. The number of carbonyl (C=O) groups excluding carboxylic acids is 1. The van der Waals surface area contributed by atoms with Crippen LogP contribution in [0.15, 0.2) is 86.0 Å². The molecule has 4 bridgehead atoms. The fraction of sp³-hybridized carbons (Fsp3) is 0.333. The Morgan fingerprint density at radius 2 is 1.49 bits per heavy atom. The van der Waals surface area contributed by atoms with Gasteiger partial charge in [0.05, 0.1) is 63.4 Å². The Hall–Kier alpha value is -6.88. The van der Waals surface area contributed by atoms with Gasteiger partial charge >= 0.3 is 0 Å². The molecule has 0 radical (unpaired) electrons. The van der Waals surface area contributed by atoms with Crippen molar-refractivity contribution in [2.24, 2.45) is 10.8 Å². The van der Waals surface area contributed by atoms with Crippen molar-refractivity contribution < 1.29 is 27.5 Å². The molecular weight excluding hydrogens is 839 g/mol. The summed E-state index contributed by atoms with van der Waals surface area (Å²) in [6.45, 7) is 8.23. The van der Waals surface area contributed by atoms with Gasteiger partial charge in [-0.1, -0.05) is 39.8 Å². The molecule has 5 heterocycles. The van der Waals surface area contributed by atoms with Crippen LogP contribution in [0.5, 0.6) is 0 Å². The molecule has 2 aromatic carbocycles. The summed E-state index contributed by atoms with van der Waals surface area (Å²) >= 11 is 0. The highest BCUT2D eigenvalue weighted by molar-refractivity contribution is 5.94. The third-order valence-corrected chi connectivity index (χ3v) is 15.3. The molecule has 65 heavy (non-hydrogen) atoms. The number of aliphatic hydroxyl groups is 1. The maximum atomic E-state index is 17.7. The Balaban J connectivity index is 1.04. The molecule has 2 saturated carbocycles. The van der Waals surface area contributed by atoms with E-state index in [-0.39, 0.29) is 59.5 Å². The van der Waals surface area contributed by atoms with Crippen LogP contribution in [-0.4, -0.2) is 74.3 Å². The van der Waals surface area contributed by atoms with Gasteiger partial charge in [0.1, 0.15) is 35.9 Å². The molecule has 7 aromatic rings. The van der Waals surface area contributed by atoms with Crippen molar-refractivity contribution in [3.05, 3.63) is 154 Å². The molecule has 328 valence electrons. The van der Waals surface area contributed by atoms with Crippen molar-refractivity contribution in [3.63, 3.8) is 0 Å². The predicted octanol–water partition coefficient (Wildman–Crippen LogP) is 7.45. The SMILES string of the molecule is CC1(C)[C@@H]2c3cc(-c4c(F)cccc4F)nnc3[C@@]1(c1cncc(-n3cncn3)n1)CC2c1ccc(F)c(-c2cc3c(nn2)[C@@]2(c4cncc(C(=O)NCCO)c4)CC[C@@H]3C2(C)C)c1F. The molecule has 4 aliphatic carbocycles. The number of carbonyl (C=O) groups is 1. The van der Waals surface area contributed by atoms with Crippen LogP contribution in [0, 0.1) is 34.1 Å². The summed E-state index contributed by atoms with van der Waals surface area (Å²) in [7, 11) is 0. The quantitative estimate of drug-likeness (QED) is 0.138. The second kappa shape index (κ2) is 14.3. The molecule has 17 heteroatoms. The first-order valence-electron chi connectivity index (χ1n) is 21.5. The van der Waals surface area contributed by atoms with E-state index in [0.29, 0.717) is 40.4 Å². The summed E-state index contributed by atoms with van der Waals surface area (Å²) in [5.74, 6) is -4.39. The molecule has 0 spiro atoms. The number of nitrogens with one attached hydrogen (secondary N) is 1. The van der Waals surface area contributed by atoms with E-state index in [1.54, 1.807) is 36.8 Å². The largest absolute Gasteiger partial charge is 0.395 e. The summed E-state index contributed by atoms with van der Waals surface area (Å²) in [4.78, 5) is 31.0. The second-order valence-corrected chi connectivity index (χ2v) is 18.7. The molecule has 11 rings (SSSR count). The van der Waals surface area contributed by atoms with Gasteiger partial charge in [-0.15, -0.1) is 10.2 Å². The Morgan fingerprint density at radius 1 is 0.785 bits per heavy atom. The Morgan fingerprint density at radius 3 is 2.23 bits per heavy atom. The number of benzene rings is 2. The van der Waals surface area contributed by atoms with Crippen LogP contribution >= 0.6 is 0 Å². The summed E-state index contributed by atoms with van der Waals surface area (Å²) in [6.07, 6.45) is 11.0. The summed E-state index contributed by atoms with van der Waals surface area (Å²) in [5, 5.41) is 34.6. The fourth-order valence-corrected chi connectivity index (χ4v) is 12.4. The Kier molecular flexibility index (Phi) is 9.00.